The van der Waals surface area contributed by atoms with Crippen LogP contribution in [0.15, 0.2) is 18.3 Å². The fourth-order valence-corrected chi connectivity index (χ4v) is 2.68. The first-order valence-electron chi connectivity index (χ1n) is 7.36. The molecule has 1 aromatic rings. The van der Waals surface area contributed by atoms with Gasteiger partial charge in [-0.05, 0) is 24.5 Å². The summed E-state index contributed by atoms with van der Waals surface area (Å²) in [7, 11) is 1.73. The summed E-state index contributed by atoms with van der Waals surface area (Å²) in [5, 5.41) is 3.08. The average molecular weight is 289 g/mol. The fraction of sp³-hybridized carbons (Fsp3) is 0.562. The first-order valence-corrected chi connectivity index (χ1v) is 7.36. The Hall–Kier alpha value is -1.91. The normalized spacial score (nSPS) is 20.0. The molecule has 21 heavy (non-hydrogen) atoms. The van der Waals surface area contributed by atoms with Gasteiger partial charge in [0.2, 0.25) is 11.8 Å². The zero-order chi connectivity index (χ0) is 15.6. The standard InChI is InChI=1S/C16H23N3O2/c1-10(2)14(15-11(3)6-5-7-17-15)18-16(21)12-8-13(20)19(4)9-12/h5-7,10,12,14H,8-9H2,1-4H3,(H,18,21)/t12-,14-/m1/s1. The maximum absolute atomic E-state index is 12.4. The molecule has 2 heterocycles. The van der Waals surface area contributed by atoms with Crippen LogP contribution in [0.4, 0.5) is 0 Å². The number of aryl methyl sites for hydroxylation is 1. The minimum Gasteiger partial charge on any atom is -0.347 e. The molecule has 5 nitrogen and oxygen atoms in total. The molecular formula is C16H23N3O2. The van der Waals surface area contributed by atoms with Crippen LogP contribution in [-0.2, 0) is 9.59 Å². The SMILES string of the molecule is Cc1cccnc1[C@H](NC(=O)[C@@H]1CC(=O)N(C)C1)C(C)C. The van der Waals surface area contributed by atoms with Gasteiger partial charge in [0.05, 0.1) is 17.7 Å². The minimum atomic E-state index is -0.257. The number of carbonyl (C=O) groups excluding carboxylic acids is 2. The van der Waals surface area contributed by atoms with Gasteiger partial charge in [0, 0.05) is 26.2 Å². The lowest BCUT2D eigenvalue weighted by atomic mass is 9.96. The maximum atomic E-state index is 12.4. The molecular weight excluding hydrogens is 266 g/mol. The third-order valence-corrected chi connectivity index (χ3v) is 4.02. The van der Waals surface area contributed by atoms with Crippen molar-refractivity contribution in [3.63, 3.8) is 0 Å². The van der Waals surface area contributed by atoms with Crippen LogP contribution in [0.5, 0.6) is 0 Å². The quantitative estimate of drug-likeness (QED) is 0.917. The molecule has 1 fully saturated rings. The Balaban J connectivity index is 2.13. The number of rotatable bonds is 4. The second-order valence-corrected chi connectivity index (χ2v) is 6.11. The summed E-state index contributed by atoms with van der Waals surface area (Å²) in [4.78, 5) is 30.0. The van der Waals surface area contributed by atoms with Crippen LogP contribution >= 0.6 is 0 Å². The molecule has 5 heteroatoms. The number of amides is 2. The molecule has 0 unspecified atom stereocenters. The fourth-order valence-electron chi connectivity index (χ4n) is 2.68. The van der Waals surface area contributed by atoms with E-state index in [2.05, 4.69) is 24.1 Å². The predicted molar refractivity (Wildman–Crippen MR) is 80.4 cm³/mol. The first-order chi connectivity index (χ1) is 9.90. The van der Waals surface area contributed by atoms with Crippen molar-refractivity contribution >= 4 is 11.8 Å². The lowest BCUT2D eigenvalue weighted by Crippen LogP contribution is -2.37. The van der Waals surface area contributed by atoms with Crippen molar-refractivity contribution < 1.29 is 9.59 Å². The third-order valence-electron chi connectivity index (χ3n) is 4.02. The Bertz CT molecular complexity index is 542. The summed E-state index contributed by atoms with van der Waals surface area (Å²) < 4.78 is 0. The van der Waals surface area contributed by atoms with Crippen molar-refractivity contribution in [2.45, 2.75) is 33.2 Å². The van der Waals surface area contributed by atoms with E-state index in [-0.39, 0.29) is 29.7 Å². The first kappa shape index (κ1) is 15.5. The molecule has 0 bridgehead atoms. The number of pyridine rings is 1. The van der Waals surface area contributed by atoms with E-state index < -0.39 is 0 Å². The molecule has 1 aliphatic heterocycles. The lowest BCUT2D eigenvalue weighted by Gasteiger charge is -2.24. The molecule has 1 aromatic heterocycles. The van der Waals surface area contributed by atoms with Gasteiger partial charge < -0.3 is 10.2 Å². The van der Waals surface area contributed by atoms with E-state index in [1.165, 1.54) is 0 Å². The molecule has 0 saturated carbocycles. The summed E-state index contributed by atoms with van der Waals surface area (Å²) in [6.45, 7) is 6.61. The van der Waals surface area contributed by atoms with Crippen molar-refractivity contribution in [2.24, 2.45) is 11.8 Å². The Morgan fingerprint density at radius 2 is 2.19 bits per heavy atom. The molecule has 0 radical (unpaired) electrons. The molecule has 2 atom stereocenters. The molecule has 2 amide bonds. The molecule has 1 N–H and O–H groups in total. The van der Waals surface area contributed by atoms with E-state index in [4.69, 9.17) is 0 Å². The average Bonchev–Trinajstić information content (AvgIpc) is 2.76. The van der Waals surface area contributed by atoms with E-state index in [9.17, 15) is 9.59 Å². The number of carbonyl (C=O) groups is 2. The number of aromatic nitrogens is 1. The van der Waals surface area contributed by atoms with Crippen molar-refractivity contribution in [3.05, 3.63) is 29.6 Å². The van der Waals surface area contributed by atoms with Gasteiger partial charge in [-0.15, -0.1) is 0 Å². The number of likely N-dealkylation sites (tertiary alicyclic amines) is 1. The summed E-state index contributed by atoms with van der Waals surface area (Å²) in [5.74, 6) is -0.0492. The van der Waals surface area contributed by atoms with Crippen molar-refractivity contribution in [1.82, 2.24) is 15.2 Å². The highest BCUT2D eigenvalue weighted by Crippen LogP contribution is 2.24. The van der Waals surface area contributed by atoms with E-state index in [0.717, 1.165) is 11.3 Å². The van der Waals surface area contributed by atoms with Crippen molar-refractivity contribution in [2.75, 3.05) is 13.6 Å². The Labute approximate surface area is 125 Å². The molecule has 1 saturated heterocycles. The van der Waals surface area contributed by atoms with Crippen molar-refractivity contribution in [3.8, 4) is 0 Å². The highest BCUT2D eigenvalue weighted by molar-refractivity contribution is 5.89. The lowest BCUT2D eigenvalue weighted by molar-refractivity contribution is -0.128. The van der Waals surface area contributed by atoms with Gasteiger partial charge in [-0.3, -0.25) is 14.6 Å². The van der Waals surface area contributed by atoms with Crippen LogP contribution in [0.2, 0.25) is 0 Å². The second kappa shape index (κ2) is 6.24. The van der Waals surface area contributed by atoms with Crippen LogP contribution in [0, 0.1) is 18.8 Å². The largest absolute Gasteiger partial charge is 0.347 e. The van der Waals surface area contributed by atoms with E-state index in [0.29, 0.717) is 13.0 Å². The Kier molecular flexibility index (Phi) is 4.60. The predicted octanol–water partition coefficient (Wildman–Crippen LogP) is 1.68. The maximum Gasteiger partial charge on any atom is 0.225 e. The Morgan fingerprint density at radius 1 is 1.48 bits per heavy atom. The monoisotopic (exact) mass is 289 g/mol. The molecule has 0 aliphatic carbocycles. The van der Waals surface area contributed by atoms with Gasteiger partial charge in [0.1, 0.15) is 0 Å². The number of hydrogen-bond acceptors (Lipinski definition) is 3. The summed E-state index contributed by atoms with van der Waals surface area (Å²) in [6, 6.07) is 3.76. The highest BCUT2D eigenvalue weighted by atomic mass is 16.2. The summed E-state index contributed by atoms with van der Waals surface area (Å²) in [5.41, 5.74) is 1.97. The summed E-state index contributed by atoms with van der Waals surface area (Å²) in [6.07, 6.45) is 2.05. The van der Waals surface area contributed by atoms with Gasteiger partial charge in [-0.1, -0.05) is 19.9 Å². The highest BCUT2D eigenvalue weighted by Gasteiger charge is 2.34. The summed E-state index contributed by atoms with van der Waals surface area (Å²) >= 11 is 0. The molecule has 114 valence electrons. The van der Waals surface area contributed by atoms with Gasteiger partial charge >= 0.3 is 0 Å². The smallest absolute Gasteiger partial charge is 0.225 e. The number of nitrogens with zero attached hydrogens (tertiary/aromatic N) is 2. The van der Waals surface area contributed by atoms with Crippen LogP contribution in [0.3, 0.4) is 0 Å². The van der Waals surface area contributed by atoms with Crippen LogP contribution < -0.4 is 5.32 Å². The number of hydrogen-bond donors (Lipinski definition) is 1. The van der Waals surface area contributed by atoms with Crippen LogP contribution in [0.25, 0.3) is 0 Å². The van der Waals surface area contributed by atoms with E-state index >= 15 is 0 Å². The third kappa shape index (κ3) is 3.40. The van der Waals surface area contributed by atoms with E-state index in [1.807, 2.05) is 19.1 Å². The molecule has 2 rings (SSSR count). The van der Waals surface area contributed by atoms with E-state index in [1.54, 1.807) is 18.1 Å². The van der Waals surface area contributed by atoms with Gasteiger partial charge in [0.25, 0.3) is 0 Å². The zero-order valence-corrected chi connectivity index (χ0v) is 13.1. The topological polar surface area (TPSA) is 62.3 Å². The van der Waals surface area contributed by atoms with Crippen LogP contribution in [-0.4, -0.2) is 35.3 Å². The second-order valence-electron chi connectivity index (χ2n) is 6.11. The van der Waals surface area contributed by atoms with Crippen molar-refractivity contribution in [1.29, 1.82) is 0 Å². The molecule has 1 aliphatic rings. The van der Waals surface area contributed by atoms with Gasteiger partial charge in [-0.2, -0.15) is 0 Å². The minimum absolute atomic E-state index is 0.0327. The number of nitrogens with one attached hydrogen (secondary N) is 1. The molecule has 0 aromatic carbocycles. The van der Waals surface area contributed by atoms with Gasteiger partial charge in [-0.25, -0.2) is 0 Å². The van der Waals surface area contributed by atoms with Gasteiger partial charge in [0.15, 0.2) is 0 Å². The zero-order valence-electron chi connectivity index (χ0n) is 13.1. The van der Waals surface area contributed by atoms with Crippen LogP contribution in [0.1, 0.15) is 37.6 Å². The molecule has 0 spiro atoms. The Morgan fingerprint density at radius 3 is 2.71 bits per heavy atom.